The number of Topliss-reactive ketones (excluding diaryl/α,β-unsaturated/α-hetero) is 1. The molecule has 0 aromatic carbocycles. The normalized spacial score (nSPS) is 15.7. The Hall–Kier alpha value is -0.370. The van der Waals surface area contributed by atoms with Gasteiger partial charge in [0.05, 0.1) is 0 Å². The summed E-state index contributed by atoms with van der Waals surface area (Å²) in [7, 11) is 0. The predicted molar refractivity (Wildman–Crippen MR) is 52.2 cm³/mol. The number of hydrogen-bond donors (Lipinski definition) is 1. The smallest absolute Gasteiger partial charge is 0.137 e. The molecule has 0 aromatic heterocycles. The maximum Gasteiger partial charge on any atom is 0.137 e. The van der Waals surface area contributed by atoms with Gasteiger partial charge in [0.1, 0.15) is 5.78 Å². The molecule has 2 unspecified atom stereocenters. The molecular weight excluding hydrogens is 150 g/mol. The summed E-state index contributed by atoms with van der Waals surface area (Å²) in [5.74, 6) is 0.608. The van der Waals surface area contributed by atoms with E-state index in [1.807, 2.05) is 6.92 Å². The van der Waals surface area contributed by atoms with E-state index in [2.05, 4.69) is 26.1 Å². The molecule has 72 valence electrons. The standard InChI is InChI=1S/C10H21NO/c1-5-8(3)10(12)7-9(4)11-6-2/h8-9,11H,5-7H2,1-4H3. The van der Waals surface area contributed by atoms with Crippen LogP contribution >= 0.6 is 0 Å². The number of carbonyl (C=O) groups excluding carboxylic acids is 1. The third-order valence-corrected chi connectivity index (χ3v) is 2.22. The Morgan fingerprint density at radius 2 is 1.92 bits per heavy atom. The highest BCUT2D eigenvalue weighted by Crippen LogP contribution is 2.06. The Balaban J connectivity index is 3.67. The van der Waals surface area contributed by atoms with Crippen LogP contribution in [0, 0.1) is 5.92 Å². The van der Waals surface area contributed by atoms with Crippen LogP contribution in [0.2, 0.25) is 0 Å². The first-order valence-electron chi connectivity index (χ1n) is 4.87. The van der Waals surface area contributed by atoms with Crippen molar-refractivity contribution < 1.29 is 4.79 Å². The van der Waals surface area contributed by atoms with E-state index in [4.69, 9.17) is 0 Å². The van der Waals surface area contributed by atoms with E-state index >= 15 is 0 Å². The molecule has 0 saturated heterocycles. The zero-order valence-corrected chi connectivity index (χ0v) is 8.68. The molecule has 0 amide bonds. The minimum Gasteiger partial charge on any atom is -0.314 e. The molecule has 0 heterocycles. The van der Waals surface area contributed by atoms with E-state index in [-0.39, 0.29) is 5.92 Å². The molecule has 0 aliphatic rings. The molecule has 0 aliphatic heterocycles. The number of nitrogens with one attached hydrogen (secondary N) is 1. The van der Waals surface area contributed by atoms with Gasteiger partial charge in [-0.1, -0.05) is 20.8 Å². The Bertz CT molecular complexity index is 134. The Labute approximate surface area is 75.7 Å². The lowest BCUT2D eigenvalue weighted by atomic mass is 9.98. The predicted octanol–water partition coefficient (Wildman–Crippen LogP) is 1.99. The molecule has 0 aromatic rings. The molecular formula is C10H21NO. The molecule has 0 rings (SSSR count). The Morgan fingerprint density at radius 3 is 2.33 bits per heavy atom. The van der Waals surface area contributed by atoms with E-state index in [0.29, 0.717) is 18.2 Å². The van der Waals surface area contributed by atoms with Gasteiger partial charge in [0.2, 0.25) is 0 Å². The van der Waals surface area contributed by atoms with Crippen LogP contribution in [0.1, 0.15) is 40.5 Å². The van der Waals surface area contributed by atoms with E-state index < -0.39 is 0 Å². The summed E-state index contributed by atoms with van der Waals surface area (Å²) in [6, 6.07) is 0.330. The van der Waals surface area contributed by atoms with Gasteiger partial charge in [-0.15, -0.1) is 0 Å². The molecule has 2 atom stereocenters. The van der Waals surface area contributed by atoms with E-state index in [1.165, 1.54) is 0 Å². The van der Waals surface area contributed by atoms with Gasteiger partial charge in [-0.25, -0.2) is 0 Å². The molecule has 2 heteroatoms. The van der Waals surface area contributed by atoms with Crippen LogP contribution in [0.5, 0.6) is 0 Å². The van der Waals surface area contributed by atoms with Crippen LogP contribution in [0.25, 0.3) is 0 Å². The van der Waals surface area contributed by atoms with Gasteiger partial charge in [-0.05, 0) is 19.9 Å². The minimum atomic E-state index is 0.228. The average molecular weight is 171 g/mol. The molecule has 1 N–H and O–H groups in total. The van der Waals surface area contributed by atoms with Crippen molar-refractivity contribution in [1.29, 1.82) is 0 Å². The largest absolute Gasteiger partial charge is 0.314 e. The zero-order chi connectivity index (χ0) is 9.56. The summed E-state index contributed by atoms with van der Waals surface area (Å²) >= 11 is 0. The first-order valence-corrected chi connectivity index (χ1v) is 4.87. The van der Waals surface area contributed by atoms with E-state index in [0.717, 1.165) is 13.0 Å². The second-order valence-electron chi connectivity index (χ2n) is 3.44. The van der Waals surface area contributed by atoms with E-state index in [9.17, 15) is 4.79 Å². The molecule has 2 nitrogen and oxygen atoms in total. The summed E-state index contributed by atoms with van der Waals surface area (Å²) < 4.78 is 0. The molecule has 0 saturated carbocycles. The fraction of sp³-hybridized carbons (Fsp3) is 0.900. The number of rotatable bonds is 6. The van der Waals surface area contributed by atoms with Crippen molar-refractivity contribution in [2.24, 2.45) is 5.92 Å². The lowest BCUT2D eigenvalue weighted by Crippen LogP contribution is -2.29. The zero-order valence-electron chi connectivity index (χ0n) is 8.68. The number of carbonyl (C=O) groups is 1. The third kappa shape index (κ3) is 4.50. The molecule has 12 heavy (non-hydrogen) atoms. The van der Waals surface area contributed by atoms with Gasteiger partial charge in [0.15, 0.2) is 0 Å². The van der Waals surface area contributed by atoms with Crippen molar-refractivity contribution in [3.05, 3.63) is 0 Å². The van der Waals surface area contributed by atoms with Crippen molar-refractivity contribution in [3.8, 4) is 0 Å². The van der Waals surface area contributed by atoms with Gasteiger partial charge >= 0.3 is 0 Å². The van der Waals surface area contributed by atoms with Crippen molar-refractivity contribution in [2.75, 3.05) is 6.54 Å². The number of hydrogen-bond acceptors (Lipinski definition) is 2. The highest BCUT2D eigenvalue weighted by molar-refractivity contribution is 5.81. The van der Waals surface area contributed by atoms with Crippen molar-refractivity contribution in [3.63, 3.8) is 0 Å². The monoisotopic (exact) mass is 171 g/mol. The molecule has 0 aliphatic carbocycles. The van der Waals surface area contributed by atoms with Gasteiger partial charge in [-0.2, -0.15) is 0 Å². The maximum absolute atomic E-state index is 11.4. The second-order valence-corrected chi connectivity index (χ2v) is 3.44. The lowest BCUT2D eigenvalue weighted by molar-refractivity contribution is -0.122. The maximum atomic E-state index is 11.4. The fourth-order valence-corrected chi connectivity index (χ4v) is 1.15. The van der Waals surface area contributed by atoms with Gasteiger partial charge in [0.25, 0.3) is 0 Å². The van der Waals surface area contributed by atoms with Crippen LogP contribution in [-0.2, 0) is 4.79 Å². The number of ketones is 1. The van der Waals surface area contributed by atoms with Gasteiger partial charge in [-0.3, -0.25) is 4.79 Å². The lowest BCUT2D eigenvalue weighted by Gasteiger charge is -2.13. The first-order chi connectivity index (χ1) is 5.61. The second kappa shape index (κ2) is 6.18. The van der Waals surface area contributed by atoms with Crippen LogP contribution in [0.15, 0.2) is 0 Å². The van der Waals surface area contributed by atoms with Crippen molar-refractivity contribution >= 4 is 5.78 Å². The summed E-state index contributed by atoms with van der Waals surface area (Å²) in [6.07, 6.45) is 1.63. The fourth-order valence-electron chi connectivity index (χ4n) is 1.15. The quantitative estimate of drug-likeness (QED) is 0.662. The van der Waals surface area contributed by atoms with Crippen LogP contribution in [0.4, 0.5) is 0 Å². The Morgan fingerprint density at radius 1 is 1.33 bits per heavy atom. The van der Waals surface area contributed by atoms with Crippen molar-refractivity contribution in [1.82, 2.24) is 5.32 Å². The van der Waals surface area contributed by atoms with Crippen LogP contribution in [-0.4, -0.2) is 18.4 Å². The average Bonchev–Trinajstić information content (AvgIpc) is 2.03. The highest BCUT2D eigenvalue weighted by Gasteiger charge is 2.13. The summed E-state index contributed by atoms with van der Waals surface area (Å²) in [6.45, 7) is 9.12. The summed E-state index contributed by atoms with van der Waals surface area (Å²) in [4.78, 5) is 11.4. The highest BCUT2D eigenvalue weighted by atomic mass is 16.1. The Kier molecular flexibility index (Phi) is 5.99. The SMILES string of the molecule is CCNC(C)CC(=O)C(C)CC. The molecule has 0 spiro atoms. The first kappa shape index (κ1) is 11.6. The van der Waals surface area contributed by atoms with E-state index in [1.54, 1.807) is 0 Å². The third-order valence-electron chi connectivity index (χ3n) is 2.22. The van der Waals surface area contributed by atoms with Gasteiger partial charge in [0, 0.05) is 18.4 Å². The van der Waals surface area contributed by atoms with Crippen LogP contribution < -0.4 is 5.32 Å². The summed E-state index contributed by atoms with van der Waals surface area (Å²) in [5, 5.41) is 3.23. The van der Waals surface area contributed by atoms with Gasteiger partial charge < -0.3 is 5.32 Å². The minimum absolute atomic E-state index is 0.228. The topological polar surface area (TPSA) is 29.1 Å². The van der Waals surface area contributed by atoms with Crippen molar-refractivity contribution in [2.45, 2.75) is 46.6 Å². The van der Waals surface area contributed by atoms with Crippen LogP contribution in [0.3, 0.4) is 0 Å². The summed E-state index contributed by atoms with van der Waals surface area (Å²) in [5.41, 5.74) is 0. The molecule has 0 fully saturated rings. The molecule has 0 radical (unpaired) electrons. The molecule has 0 bridgehead atoms.